The topological polar surface area (TPSA) is 98.1 Å². The molecule has 0 radical (unpaired) electrons. The summed E-state index contributed by atoms with van der Waals surface area (Å²) in [5.41, 5.74) is 3.11. The molecule has 0 aliphatic heterocycles. The first kappa shape index (κ1) is 26.4. The molecule has 2 aromatic carbocycles. The summed E-state index contributed by atoms with van der Waals surface area (Å²) >= 11 is 0. The highest BCUT2D eigenvalue weighted by molar-refractivity contribution is 6.08. The van der Waals surface area contributed by atoms with Crippen LogP contribution >= 0.6 is 0 Å². The maximum atomic E-state index is 15.0. The van der Waals surface area contributed by atoms with Gasteiger partial charge >= 0.3 is 0 Å². The summed E-state index contributed by atoms with van der Waals surface area (Å²) in [6.07, 6.45) is 4.64. The number of amides is 1. The van der Waals surface area contributed by atoms with Gasteiger partial charge in [-0.25, -0.2) is 9.37 Å². The number of para-hydroxylation sites is 2. The normalized spacial score (nSPS) is 16.3. The molecule has 5 aromatic rings. The highest BCUT2D eigenvalue weighted by atomic mass is 19.1. The van der Waals surface area contributed by atoms with Crippen molar-refractivity contribution in [3.63, 3.8) is 0 Å². The van der Waals surface area contributed by atoms with E-state index in [1.54, 1.807) is 47.3 Å². The zero-order chi connectivity index (χ0) is 28.5. The molecular formula is C31H30FN7O2. The lowest BCUT2D eigenvalue weighted by molar-refractivity contribution is 0.0908. The Morgan fingerprint density at radius 3 is 2.61 bits per heavy atom. The van der Waals surface area contributed by atoms with Crippen LogP contribution in [0.15, 0.2) is 73.1 Å². The molecule has 1 aliphatic carbocycles. The number of fused-ring (bicyclic) bond motifs is 1. The monoisotopic (exact) mass is 551 g/mol. The Balaban J connectivity index is 1.25. The molecule has 0 unspecified atom stereocenters. The fourth-order valence-corrected chi connectivity index (χ4v) is 5.31. The minimum absolute atomic E-state index is 0.0187. The van der Waals surface area contributed by atoms with Crippen LogP contribution in [0.25, 0.3) is 28.1 Å². The molecule has 1 amide bonds. The largest absolute Gasteiger partial charge is 0.492 e. The molecular weight excluding hydrogens is 521 g/mol. The quantitative estimate of drug-likeness (QED) is 0.285. The van der Waals surface area contributed by atoms with Gasteiger partial charge in [0, 0.05) is 43.3 Å². The molecule has 0 bridgehead atoms. The summed E-state index contributed by atoms with van der Waals surface area (Å²) in [5.74, 6) is 1.15. The van der Waals surface area contributed by atoms with Crippen molar-refractivity contribution in [3.05, 3.63) is 90.3 Å². The van der Waals surface area contributed by atoms with Crippen LogP contribution in [0.3, 0.4) is 0 Å². The Morgan fingerprint density at radius 2 is 1.88 bits per heavy atom. The van der Waals surface area contributed by atoms with Gasteiger partial charge < -0.3 is 15.0 Å². The number of pyridine rings is 2. The zero-order valence-corrected chi connectivity index (χ0v) is 23.1. The molecule has 208 valence electrons. The van der Waals surface area contributed by atoms with E-state index in [4.69, 9.17) is 4.74 Å². The third-order valence-corrected chi connectivity index (χ3v) is 7.37. The minimum atomic E-state index is -0.384. The molecule has 1 saturated carbocycles. The van der Waals surface area contributed by atoms with Crippen molar-refractivity contribution in [2.24, 2.45) is 0 Å². The fourth-order valence-electron chi connectivity index (χ4n) is 5.31. The molecule has 0 atom stereocenters. The number of aromatic nitrogens is 5. The Labute approximate surface area is 237 Å². The van der Waals surface area contributed by atoms with E-state index in [9.17, 15) is 4.79 Å². The third kappa shape index (κ3) is 4.97. The lowest BCUT2D eigenvalue weighted by Crippen LogP contribution is -2.44. The number of carbonyl (C=O) groups is 1. The standard InChI is InChI=1S/C31H30FN7O2/c1-4-41-21-12-13-25(34-18-21)30-37-36-29(39(30)27-11-6-5-10-24(27)32)19-16-20(17-19)35-31(40)23-9-7-8-22-26(38(2)3)14-15-33-28(22)23/h5-15,18-20H,4,16-17H2,1-3H3,(H,35,40)/t19-,20-. The van der Waals surface area contributed by atoms with E-state index in [1.807, 2.05) is 50.2 Å². The predicted octanol–water partition coefficient (Wildman–Crippen LogP) is 5.16. The number of hydrogen-bond donors (Lipinski definition) is 1. The van der Waals surface area contributed by atoms with E-state index in [2.05, 4.69) is 25.5 Å². The summed E-state index contributed by atoms with van der Waals surface area (Å²) in [6, 6.07) is 17.7. The van der Waals surface area contributed by atoms with Crippen molar-refractivity contribution in [2.45, 2.75) is 31.7 Å². The Hall–Kier alpha value is -4.86. The van der Waals surface area contributed by atoms with Crippen molar-refractivity contribution in [3.8, 4) is 23.0 Å². The number of ether oxygens (including phenoxy) is 1. The molecule has 1 aliphatic rings. The second-order valence-corrected chi connectivity index (χ2v) is 10.2. The molecule has 9 nitrogen and oxygen atoms in total. The number of hydrogen-bond acceptors (Lipinski definition) is 7. The van der Waals surface area contributed by atoms with Crippen LogP contribution in [0.4, 0.5) is 10.1 Å². The molecule has 41 heavy (non-hydrogen) atoms. The van der Waals surface area contributed by atoms with E-state index in [0.717, 1.165) is 11.1 Å². The van der Waals surface area contributed by atoms with Crippen LogP contribution in [-0.4, -0.2) is 57.4 Å². The minimum Gasteiger partial charge on any atom is -0.492 e. The Bertz CT molecular complexity index is 1710. The summed E-state index contributed by atoms with van der Waals surface area (Å²) < 4.78 is 22.3. The van der Waals surface area contributed by atoms with E-state index >= 15 is 4.39 Å². The van der Waals surface area contributed by atoms with E-state index in [0.29, 0.717) is 59.3 Å². The number of halogens is 1. The van der Waals surface area contributed by atoms with Gasteiger partial charge in [0.1, 0.15) is 23.1 Å². The summed E-state index contributed by atoms with van der Waals surface area (Å²) in [5, 5.41) is 13.0. The second kappa shape index (κ2) is 11.0. The number of anilines is 1. The zero-order valence-electron chi connectivity index (χ0n) is 23.1. The first-order chi connectivity index (χ1) is 19.9. The first-order valence-electron chi connectivity index (χ1n) is 13.6. The van der Waals surface area contributed by atoms with Gasteiger partial charge in [-0.15, -0.1) is 10.2 Å². The van der Waals surface area contributed by atoms with Gasteiger partial charge in [0.25, 0.3) is 5.91 Å². The molecule has 3 heterocycles. The summed E-state index contributed by atoms with van der Waals surface area (Å²) in [6.45, 7) is 2.44. The molecule has 10 heteroatoms. The molecule has 3 aromatic heterocycles. The number of nitrogens with one attached hydrogen (secondary N) is 1. The number of nitrogens with zero attached hydrogens (tertiary/aromatic N) is 6. The van der Waals surface area contributed by atoms with Gasteiger partial charge in [0.15, 0.2) is 5.82 Å². The Kier molecular flexibility index (Phi) is 7.05. The van der Waals surface area contributed by atoms with Crippen molar-refractivity contribution in [1.29, 1.82) is 0 Å². The molecule has 0 spiro atoms. The van der Waals surface area contributed by atoms with Crippen LogP contribution in [0.2, 0.25) is 0 Å². The van der Waals surface area contributed by atoms with Gasteiger partial charge in [-0.1, -0.05) is 24.3 Å². The van der Waals surface area contributed by atoms with Gasteiger partial charge in [-0.2, -0.15) is 0 Å². The lowest BCUT2D eigenvalue weighted by atomic mass is 9.79. The predicted molar refractivity (Wildman–Crippen MR) is 155 cm³/mol. The van der Waals surface area contributed by atoms with Crippen molar-refractivity contribution in [2.75, 3.05) is 25.6 Å². The number of rotatable bonds is 8. The highest BCUT2D eigenvalue weighted by Gasteiger charge is 2.37. The smallest absolute Gasteiger partial charge is 0.253 e. The van der Waals surface area contributed by atoms with Crippen LogP contribution in [0.5, 0.6) is 5.75 Å². The average molecular weight is 552 g/mol. The van der Waals surface area contributed by atoms with Gasteiger partial charge in [0.05, 0.1) is 29.6 Å². The van der Waals surface area contributed by atoms with Gasteiger partial charge in [-0.05, 0) is 56.2 Å². The van der Waals surface area contributed by atoms with Crippen LogP contribution in [0, 0.1) is 5.82 Å². The number of benzene rings is 2. The van der Waals surface area contributed by atoms with Crippen molar-refractivity contribution >= 4 is 22.5 Å². The third-order valence-electron chi connectivity index (χ3n) is 7.37. The second-order valence-electron chi connectivity index (χ2n) is 10.2. The molecule has 6 rings (SSSR count). The number of carbonyl (C=O) groups excluding carboxylic acids is 1. The Morgan fingerprint density at radius 1 is 1.05 bits per heavy atom. The van der Waals surface area contributed by atoms with E-state index in [-0.39, 0.29) is 23.7 Å². The van der Waals surface area contributed by atoms with Gasteiger partial charge in [0.2, 0.25) is 0 Å². The fraction of sp³-hybridized carbons (Fsp3) is 0.258. The van der Waals surface area contributed by atoms with Crippen LogP contribution < -0.4 is 15.0 Å². The SMILES string of the molecule is CCOc1ccc(-c2nnc([C@H]3C[C@H](NC(=O)c4cccc5c(N(C)C)ccnc45)C3)n2-c2ccccc2F)nc1. The van der Waals surface area contributed by atoms with Gasteiger partial charge in [-0.3, -0.25) is 14.3 Å². The summed E-state index contributed by atoms with van der Waals surface area (Å²) in [7, 11) is 3.93. The van der Waals surface area contributed by atoms with E-state index in [1.165, 1.54) is 6.07 Å². The molecule has 0 saturated heterocycles. The summed E-state index contributed by atoms with van der Waals surface area (Å²) in [4.78, 5) is 24.3. The van der Waals surface area contributed by atoms with E-state index < -0.39 is 0 Å². The molecule has 1 N–H and O–H groups in total. The lowest BCUT2D eigenvalue weighted by Gasteiger charge is -2.35. The van der Waals surface area contributed by atoms with Crippen LogP contribution in [-0.2, 0) is 0 Å². The molecule has 1 fully saturated rings. The first-order valence-corrected chi connectivity index (χ1v) is 13.6. The highest BCUT2D eigenvalue weighted by Crippen LogP contribution is 2.39. The maximum Gasteiger partial charge on any atom is 0.253 e. The van der Waals surface area contributed by atoms with Crippen molar-refractivity contribution < 1.29 is 13.9 Å². The van der Waals surface area contributed by atoms with Crippen LogP contribution in [0.1, 0.15) is 41.9 Å². The van der Waals surface area contributed by atoms with Crippen molar-refractivity contribution in [1.82, 2.24) is 30.0 Å². The average Bonchev–Trinajstić information content (AvgIpc) is 3.39. The maximum absolute atomic E-state index is 15.0.